The molecule has 0 aliphatic rings. The smallest absolute Gasteiger partial charge is 0.258 e. The van der Waals surface area contributed by atoms with E-state index in [2.05, 4.69) is 10.6 Å². The van der Waals surface area contributed by atoms with Crippen molar-refractivity contribution in [1.82, 2.24) is 10.6 Å². The van der Waals surface area contributed by atoms with Gasteiger partial charge in [-0.1, -0.05) is 12.1 Å². The Hall–Kier alpha value is -2.24. The Balaban J connectivity index is 2.40. The normalized spacial score (nSPS) is 11.5. The molecule has 6 heteroatoms. The van der Waals surface area contributed by atoms with Crippen LogP contribution in [0.15, 0.2) is 24.3 Å². The third-order valence-corrected chi connectivity index (χ3v) is 2.40. The lowest BCUT2D eigenvalue weighted by atomic mass is 10.3. The highest BCUT2D eigenvalue weighted by Crippen LogP contribution is 2.19. The van der Waals surface area contributed by atoms with Crippen LogP contribution in [-0.2, 0) is 9.59 Å². The lowest BCUT2D eigenvalue weighted by molar-refractivity contribution is -0.129. The fraction of sp³-hybridized carbons (Fsp3) is 0.385. The van der Waals surface area contributed by atoms with Gasteiger partial charge in [-0.15, -0.1) is 0 Å². The van der Waals surface area contributed by atoms with E-state index in [1.54, 1.807) is 31.2 Å². The molecule has 104 valence electrons. The quantitative estimate of drug-likeness (QED) is 0.644. The van der Waals surface area contributed by atoms with Crippen LogP contribution in [0.1, 0.15) is 13.8 Å². The lowest BCUT2D eigenvalue weighted by Crippen LogP contribution is -2.46. The number of hydrogen-bond donors (Lipinski definition) is 3. The molecule has 4 N–H and O–H groups in total. The van der Waals surface area contributed by atoms with Gasteiger partial charge < -0.3 is 21.1 Å². The maximum Gasteiger partial charge on any atom is 0.258 e. The number of nitrogens with one attached hydrogen (secondary N) is 2. The number of likely N-dealkylation sites (N-methyl/N-ethyl adjacent to an activating group) is 1. The Kier molecular flexibility index (Phi) is 5.66. The van der Waals surface area contributed by atoms with Crippen LogP contribution in [-0.4, -0.2) is 31.0 Å². The van der Waals surface area contributed by atoms with Crippen molar-refractivity contribution in [3.63, 3.8) is 0 Å². The summed E-state index contributed by atoms with van der Waals surface area (Å²) in [7, 11) is 0. The predicted octanol–water partition coefficient (Wildman–Crippen LogP) is 0.288. The van der Waals surface area contributed by atoms with Crippen molar-refractivity contribution in [2.24, 2.45) is 0 Å². The molecule has 1 aromatic rings. The standard InChI is InChI=1S/C13H19N3O3/c1-3-15-13(18)9(2)16-12(17)8-19-11-7-5-4-6-10(11)14/h4-7,9H,3,8,14H2,1-2H3,(H,15,18)(H,16,17). The number of carbonyl (C=O) groups is 2. The van der Waals surface area contributed by atoms with Crippen molar-refractivity contribution in [3.8, 4) is 5.75 Å². The van der Waals surface area contributed by atoms with Crippen molar-refractivity contribution in [3.05, 3.63) is 24.3 Å². The maximum absolute atomic E-state index is 11.6. The van der Waals surface area contributed by atoms with Crippen LogP contribution < -0.4 is 21.1 Å². The van der Waals surface area contributed by atoms with Gasteiger partial charge in [0.15, 0.2) is 6.61 Å². The number of para-hydroxylation sites is 2. The summed E-state index contributed by atoms with van der Waals surface area (Å²) in [5.74, 6) is -0.152. The third-order valence-electron chi connectivity index (χ3n) is 2.40. The van der Waals surface area contributed by atoms with E-state index in [4.69, 9.17) is 10.5 Å². The molecule has 1 aromatic carbocycles. The van der Waals surface area contributed by atoms with Gasteiger partial charge in [-0.2, -0.15) is 0 Å². The zero-order chi connectivity index (χ0) is 14.3. The highest BCUT2D eigenvalue weighted by atomic mass is 16.5. The van der Waals surface area contributed by atoms with E-state index in [0.29, 0.717) is 18.0 Å². The van der Waals surface area contributed by atoms with E-state index in [1.165, 1.54) is 0 Å². The summed E-state index contributed by atoms with van der Waals surface area (Å²) in [6.07, 6.45) is 0. The molecule has 0 radical (unpaired) electrons. The van der Waals surface area contributed by atoms with Gasteiger partial charge in [0, 0.05) is 6.54 Å². The molecule has 0 aliphatic heterocycles. The van der Waals surface area contributed by atoms with Crippen LogP contribution in [0.25, 0.3) is 0 Å². The molecule has 2 amide bonds. The molecule has 19 heavy (non-hydrogen) atoms. The summed E-state index contributed by atoms with van der Waals surface area (Å²) in [4.78, 5) is 23.0. The van der Waals surface area contributed by atoms with Crippen molar-refractivity contribution in [2.45, 2.75) is 19.9 Å². The second-order valence-electron chi connectivity index (χ2n) is 4.01. The van der Waals surface area contributed by atoms with Crippen LogP contribution in [0.4, 0.5) is 5.69 Å². The highest BCUT2D eigenvalue weighted by Gasteiger charge is 2.14. The van der Waals surface area contributed by atoms with Gasteiger partial charge in [0.05, 0.1) is 5.69 Å². The Morgan fingerprint density at radius 3 is 2.68 bits per heavy atom. The molecular formula is C13H19N3O3. The Labute approximate surface area is 112 Å². The second kappa shape index (κ2) is 7.25. The molecule has 0 aromatic heterocycles. The minimum absolute atomic E-state index is 0.183. The minimum atomic E-state index is -0.593. The molecular weight excluding hydrogens is 246 g/mol. The molecule has 1 rings (SSSR count). The summed E-state index contributed by atoms with van der Waals surface area (Å²) >= 11 is 0. The average molecular weight is 265 g/mol. The van der Waals surface area contributed by atoms with Gasteiger partial charge in [0.25, 0.3) is 5.91 Å². The lowest BCUT2D eigenvalue weighted by Gasteiger charge is -2.14. The molecule has 0 fully saturated rings. The van der Waals surface area contributed by atoms with Gasteiger partial charge >= 0.3 is 0 Å². The Morgan fingerprint density at radius 2 is 2.05 bits per heavy atom. The van der Waals surface area contributed by atoms with Gasteiger partial charge in [-0.3, -0.25) is 9.59 Å². The van der Waals surface area contributed by atoms with Crippen molar-refractivity contribution in [2.75, 3.05) is 18.9 Å². The summed E-state index contributed by atoms with van der Waals surface area (Å²) in [6, 6.07) is 6.31. The number of rotatable bonds is 6. The number of amides is 2. The number of anilines is 1. The second-order valence-corrected chi connectivity index (χ2v) is 4.01. The Morgan fingerprint density at radius 1 is 1.37 bits per heavy atom. The van der Waals surface area contributed by atoms with E-state index < -0.39 is 6.04 Å². The van der Waals surface area contributed by atoms with Crippen LogP contribution in [0.5, 0.6) is 5.75 Å². The molecule has 0 heterocycles. The Bertz CT molecular complexity index is 449. The van der Waals surface area contributed by atoms with Crippen LogP contribution >= 0.6 is 0 Å². The van der Waals surface area contributed by atoms with E-state index in [9.17, 15) is 9.59 Å². The third kappa shape index (κ3) is 4.87. The molecule has 6 nitrogen and oxygen atoms in total. The number of nitrogens with two attached hydrogens (primary N) is 1. The van der Waals surface area contributed by atoms with Gasteiger partial charge in [0.1, 0.15) is 11.8 Å². The molecule has 0 saturated carbocycles. The minimum Gasteiger partial charge on any atom is -0.482 e. The maximum atomic E-state index is 11.6. The van der Waals surface area contributed by atoms with Crippen molar-refractivity contribution >= 4 is 17.5 Å². The fourth-order valence-corrected chi connectivity index (χ4v) is 1.43. The van der Waals surface area contributed by atoms with Crippen LogP contribution in [0.2, 0.25) is 0 Å². The van der Waals surface area contributed by atoms with Crippen LogP contribution in [0.3, 0.4) is 0 Å². The van der Waals surface area contributed by atoms with Crippen molar-refractivity contribution in [1.29, 1.82) is 0 Å². The van der Waals surface area contributed by atoms with Gasteiger partial charge in [-0.05, 0) is 26.0 Å². The predicted molar refractivity (Wildman–Crippen MR) is 72.6 cm³/mol. The zero-order valence-electron chi connectivity index (χ0n) is 11.1. The zero-order valence-corrected chi connectivity index (χ0v) is 11.1. The van der Waals surface area contributed by atoms with Crippen molar-refractivity contribution < 1.29 is 14.3 Å². The van der Waals surface area contributed by atoms with E-state index >= 15 is 0 Å². The first-order valence-corrected chi connectivity index (χ1v) is 6.09. The monoisotopic (exact) mass is 265 g/mol. The molecule has 1 atom stereocenters. The van der Waals surface area contributed by atoms with Crippen LogP contribution in [0, 0.1) is 0 Å². The molecule has 0 saturated heterocycles. The van der Waals surface area contributed by atoms with Gasteiger partial charge in [0.2, 0.25) is 5.91 Å². The first kappa shape index (κ1) is 14.8. The fourth-order valence-electron chi connectivity index (χ4n) is 1.43. The first-order chi connectivity index (χ1) is 9.04. The summed E-state index contributed by atoms with van der Waals surface area (Å²) in [5.41, 5.74) is 6.14. The molecule has 0 bridgehead atoms. The molecule has 0 spiro atoms. The van der Waals surface area contributed by atoms with Gasteiger partial charge in [-0.25, -0.2) is 0 Å². The van der Waals surface area contributed by atoms with E-state index in [0.717, 1.165) is 0 Å². The molecule has 0 aliphatic carbocycles. The number of nitrogen functional groups attached to an aromatic ring is 1. The van der Waals surface area contributed by atoms with E-state index in [1.807, 2.05) is 6.92 Å². The number of ether oxygens (including phenoxy) is 1. The average Bonchev–Trinajstić information content (AvgIpc) is 2.38. The SMILES string of the molecule is CCNC(=O)C(C)NC(=O)COc1ccccc1N. The topological polar surface area (TPSA) is 93.5 Å². The number of hydrogen-bond acceptors (Lipinski definition) is 4. The molecule has 1 unspecified atom stereocenters. The summed E-state index contributed by atoms with van der Waals surface area (Å²) in [5, 5.41) is 5.16. The summed E-state index contributed by atoms with van der Waals surface area (Å²) < 4.78 is 5.27. The number of carbonyl (C=O) groups excluding carboxylic acids is 2. The largest absolute Gasteiger partial charge is 0.482 e. The van der Waals surface area contributed by atoms with E-state index in [-0.39, 0.29) is 18.4 Å². The number of benzene rings is 1. The highest BCUT2D eigenvalue weighted by molar-refractivity contribution is 5.87. The summed E-state index contributed by atoms with van der Waals surface area (Å²) in [6.45, 7) is 3.77. The first-order valence-electron chi connectivity index (χ1n) is 6.09.